The number of hydrogen-bond acceptors (Lipinski definition) is 2. The van der Waals surface area contributed by atoms with Gasteiger partial charge in [-0.2, -0.15) is 0 Å². The molecule has 0 amide bonds. The minimum Gasteiger partial charge on any atom is -0.423 e. The summed E-state index contributed by atoms with van der Waals surface area (Å²) in [6, 6.07) is 17.9. The Kier molecular flexibility index (Phi) is 3.21. The molecule has 0 spiro atoms. The minimum atomic E-state index is -0.317. The topological polar surface area (TPSA) is 26.3 Å². The van der Waals surface area contributed by atoms with E-state index in [0.717, 1.165) is 16.7 Å². The molecule has 0 radical (unpaired) electrons. The predicted octanol–water partition coefficient (Wildman–Crippen LogP) is 3.98. The highest BCUT2D eigenvalue weighted by molar-refractivity contribution is 6.03. The lowest BCUT2D eigenvalue weighted by Gasteiger charge is -2.05. The first-order chi connectivity index (χ1) is 9.72. The van der Waals surface area contributed by atoms with E-state index in [2.05, 4.69) is 0 Å². The summed E-state index contributed by atoms with van der Waals surface area (Å²) in [7, 11) is 0. The number of allylic oxidation sites excluding steroid dienone is 1. The maximum Gasteiger partial charge on any atom is 0.336 e. The molecule has 0 aliphatic carbocycles. The predicted molar refractivity (Wildman–Crippen MR) is 79.7 cm³/mol. The minimum absolute atomic E-state index is 0.317. The van der Waals surface area contributed by atoms with Gasteiger partial charge >= 0.3 is 5.97 Å². The van der Waals surface area contributed by atoms with Crippen molar-refractivity contribution in [3.05, 3.63) is 83.1 Å². The van der Waals surface area contributed by atoms with E-state index in [0.29, 0.717) is 5.76 Å². The van der Waals surface area contributed by atoms with Gasteiger partial charge in [0.05, 0.1) is 0 Å². The average Bonchev–Trinajstić information content (AvgIpc) is 2.83. The summed E-state index contributed by atoms with van der Waals surface area (Å²) in [6.07, 6.45) is 3.43. The number of ether oxygens (including phenoxy) is 1. The fourth-order valence-corrected chi connectivity index (χ4v) is 2.15. The first-order valence-corrected chi connectivity index (χ1v) is 6.50. The van der Waals surface area contributed by atoms with Crippen molar-refractivity contribution >= 4 is 17.6 Å². The number of hydrogen-bond donors (Lipinski definition) is 0. The van der Waals surface area contributed by atoms with Gasteiger partial charge in [0.25, 0.3) is 0 Å². The zero-order valence-electron chi connectivity index (χ0n) is 11.2. The van der Waals surface area contributed by atoms with E-state index >= 15 is 0 Å². The summed E-state index contributed by atoms with van der Waals surface area (Å²) in [5, 5.41) is 0. The van der Waals surface area contributed by atoms with E-state index in [-0.39, 0.29) is 5.97 Å². The lowest BCUT2D eigenvalue weighted by molar-refractivity contribution is -0.132. The Morgan fingerprint density at radius 2 is 1.65 bits per heavy atom. The molecule has 0 saturated heterocycles. The SMILES string of the molecule is Cc1ccc(C=C2OC(=O)C=C2c2ccccc2)cc1. The van der Waals surface area contributed by atoms with Crippen LogP contribution in [-0.2, 0) is 9.53 Å². The van der Waals surface area contributed by atoms with Gasteiger partial charge in [-0.25, -0.2) is 4.79 Å². The van der Waals surface area contributed by atoms with Gasteiger partial charge in [-0.1, -0.05) is 60.2 Å². The summed E-state index contributed by atoms with van der Waals surface area (Å²) < 4.78 is 5.29. The Balaban J connectivity index is 1.99. The quantitative estimate of drug-likeness (QED) is 0.765. The molecule has 0 N–H and O–H groups in total. The summed E-state index contributed by atoms with van der Waals surface area (Å²) >= 11 is 0. The smallest absolute Gasteiger partial charge is 0.336 e. The molecular weight excluding hydrogens is 248 g/mol. The highest BCUT2D eigenvalue weighted by atomic mass is 16.5. The van der Waals surface area contributed by atoms with Crippen molar-refractivity contribution in [3.8, 4) is 0 Å². The van der Waals surface area contributed by atoms with E-state index in [1.165, 1.54) is 11.6 Å². The van der Waals surface area contributed by atoms with Crippen LogP contribution in [0.25, 0.3) is 11.6 Å². The van der Waals surface area contributed by atoms with E-state index in [1.807, 2.05) is 67.6 Å². The maximum absolute atomic E-state index is 11.5. The molecule has 2 aromatic carbocycles. The number of benzene rings is 2. The van der Waals surface area contributed by atoms with Crippen molar-refractivity contribution in [2.45, 2.75) is 6.92 Å². The van der Waals surface area contributed by atoms with Crippen LogP contribution >= 0.6 is 0 Å². The van der Waals surface area contributed by atoms with Crippen LogP contribution in [0.1, 0.15) is 16.7 Å². The van der Waals surface area contributed by atoms with Crippen molar-refractivity contribution < 1.29 is 9.53 Å². The molecule has 2 heteroatoms. The van der Waals surface area contributed by atoms with Gasteiger partial charge in [0.15, 0.2) is 0 Å². The fraction of sp³-hybridized carbons (Fsp3) is 0.0556. The first kappa shape index (κ1) is 12.4. The van der Waals surface area contributed by atoms with Gasteiger partial charge in [-0.3, -0.25) is 0 Å². The number of rotatable bonds is 2. The summed E-state index contributed by atoms with van der Waals surface area (Å²) in [4.78, 5) is 11.5. The zero-order chi connectivity index (χ0) is 13.9. The van der Waals surface area contributed by atoms with Crippen molar-refractivity contribution in [2.24, 2.45) is 0 Å². The first-order valence-electron chi connectivity index (χ1n) is 6.50. The van der Waals surface area contributed by atoms with E-state index in [9.17, 15) is 4.79 Å². The Hall–Kier alpha value is -2.61. The molecule has 2 aromatic rings. The van der Waals surface area contributed by atoms with Crippen molar-refractivity contribution in [1.82, 2.24) is 0 Å². The summed E-state index contributed by atoms with van der Waals surface area (Å²) in [5.41, 5.74) is 4.03. The molecule has 98 valence electrons. The van der Waals surface area contributed by atoms with Gasteiger partial charge in [0.1, 0.15) is 5.76 Å². The highest BCUT2D eigenvalue weighted by Crippen LogP contribution is 2.30. The normalized spacial score (nSPS) is 16.1. The Labute approximate surface area is 118 Å². The summed E-state index contributed by atoms with van der Waals surface area (Å²) in [6.45, 7) is 2.04. The lowest BCUT2D eigenvalue weighted by Crippen LogP contribution is -1.91. The van der Waals surface area contributed by atoms with Crippen molar-refractivity contribution in [1.29, 1.82) is 0 Å². The number of aryl methyl sites for hydroxylation is 1. The summed E-state index contributed by atoms with van der Waals surface area (Å²) in [5.74, 6) is 0.285. The standard InChI is InChI=1S/C18H14O2/c1-13-7-9-14(10-8-13)11-17-16(12-18(19)20-17)15-5-3-2-4-6-15/h2-12H,1H3. The molecule has 20 heavy (non-hydrogen) atoms. The second-order valence-corrected chi connectivity index (χ2v) is 4.76. The largest absolute Gasteiger partial charge is 0.423 e. The Morgan fingerprint density at radius 3 is 2.35 bits per heavy atom. The van der Waals surface area contributed by atoms with Crippen LogP contribution in [0.3, 0.4) is 0 Å². The lowest BCUT2D eigenvalue weighted by atomic mass is 10.0. The number of carbonyl (C=O) groups excluding carboxylic acids is 1. The van der Waals surface area contributed by atoms with Crippen LogP contribution in [0, 0.1) is 6.92 Å². The van der Waals surface area contributed by atoms with Crippen LogP contribution < -0.4 is 0 Å². The van der Waals surface area contributed by atoms with Crippen LogP contribution in [-0.4, -0.2) is 5.97 Å². The second kappa shape index (κ2) is 5.17. The Morgan fingerprint density at radius 1 is 0.950 bits per heavy atom. The molecule has 1 heterocycles. The van der Waals surface area contributed by atoms with Gasteiger partial charge in [0.2, 0.25) is 0 Å². The van der Waals surface area contributed by atoms with Crippen LogP contribution in [0.2, 0.25) is 0 Å². The third-order valence-corrected chi connectivity index (χ3v) is 3.20. The van der Waals surface area contributed by atoms with E-state index in [1.54, 1.807) is 0 Å². The second-order valence-electron chi connectivity index (χ2n) is 4.76. The Bertz CT molecular complexity index is 692. The number of carbonyl (C=O) groups is 1. The molecule has 0 saturated carbocycles. The van der Waals surface area contributed by atoms with Crippen LogP contribution in [0.4, 0.5) is 0 Å². The van der Waals surface area contributed by atoms with E-state index in [4.69, 9.17) is 4.74 Å². The maximum atomic E-state index is 11.5. The number of cyclic esters (lactones) is 1. The van der Waals surface area contributed by atoms with Gasteiger partial charge in [-0.15, -0.1) is 0 Å². The molecule has 0 aromatic heterocycles. The third kappa shape index (κ3) is 2.54. The van der Waals surface area contributed by atoms with Crippen molar-refractivity contribution in [3.63, 3.8) is 0 Å². The third-order valence-electron chi connectivity index (χ3n) is 3.20. The van der Waals surface area contributed by atoms with Gasteiger partial charge in [-0.05, 0) is 24.1 Å². The molecule has 3 rings (SSSR count). The van der Waals surface area contributed by atoms with Gasteiger partial charge in [0, 0.05) is 11.6 Å². The number of esters is 1. The fourth-order valence-electron chi connectivity index (χ4n) is 2.15. The molecule has 0 fully saturated rings. The van der Waals surface area contributed by atoms with E-state index < -0.39 is 0 Å². The molecule has 0 atom stereocenters. The zero-order valence-corrected chi connectivity index (χ0v) is 11.2. The van der Waals surface area contributed by atoms with Crippen LogP contribution in [0.15, 0.2) is 66.4 Å². The molecule has 0 unspecified atom stereocenters. The highest BCUT2D eigenvalue weighted by Gasteiger charge is 2.21. The molecule has 2 nitrogen and oxygen atoms in total. The molecule has 0 bridgehead atoms. The van der Waals surface area contributed by atoms with Gasteiger partial charge < -0.3 is 4.74 Å². The average molecular weight is 262 g/mol. The molecular formula is C18H14O2. The van der Waals surface area contributed by atoms with Crippen LogP contribution in [0.5, 0.6) is 0 Å². The molecule has 1 aliphatic heterocycles. The monoisotopic (exact) mass is 262 g/mol. The molecule has 1 aliphatic rings. The van der Waals surface area contributed by atoms with Crippen molar-refractivity contribution in [2.75, 3.05) is 0 Å².